The number of rotatable bonds is 15. The molecule has 1 aromatic heterocycles. The third-order valence-electron chi connectivity index (χ3n) is 11.2. The van der Waals surface area contributed by atoms with Gasteiger partial charge in [0.15, 0.2) is 5.78 Å². The third kappa shape index (κ3) is 11.8. The van der Waals surface area contributed by atoms with Crippen LogP contribution in [0.5, 0.6) is 28.7 Å². The number of piperidine rings is 1. The van der Waals surface area contributed by atoms with E-state index in [2.05, 4.69) is 53.1 Å². The number of phenols is 3. The SMILES string of the molecule is CC/C(=C(\c1ccc(O)cc1)c1ccc(OCCN(C)C)cc1)c1ccccc1.O=C(c1ccc(OCCN2CCCCC2)cc1)c1c(-c2ccc(O)cc2)sc2cc(O)ccc12. The molecule has 2 heterocycles. The van der Waals surface area contributed by atoms with Gasteiger partial charge in [0.2, 0.25) is 0 Å². The van der Waals surface area contributed by atoms with Crippen molar-refractivity contribution in [3.8, 4) is 39.2 Å². The molecule has 0 atom stereocenters. The molecule has 324 valence electrons. The van der Waals surface area contributed by atoms with Crippen molar-refractivity contribution in [2.45, 2.75) is 32.6 Å². The van der Waals surface area contributed by atoms with Crippen molar-refractivity contribution in [1.82, 2.24) is 9.80 Å². The van der Waals surface area contributed by atoms with Gasteiger partial charge in [0.05, 0.1) is 0 Å². The first kappa shape index (κ1) is 44.7. The fraction of sp³-hybridized carbons (Fsp3) is 0.241. The lowest BCUT2D eigenvalue weighted by atomic mass is 9.88. The van der Waals surface area contributed by atoms with Gasteiger partial charge in [0.25, 0.3) is 0 Å². The minimum absolute atomic E-state index is 0.0834. The Balaban J connectivity index is 0.000000192. The lowest BCUT2D eigenvalue weighted by Crippen LogP contribution is -2.33. The molecule has 8 rings (SSSR count). The molecule has 0 amide bonds. The number of benzene rings is 6. The topological polar surface area (TPSA) is 103 Å². The quantitative estimate of drug-likeness (QED) is 0.0692. The Bertz CT molecular complexity index is 2580. The summed E-state index contributed by atoms with van der Waals surface area (Å²) in [4.78, 5) is 19.0. The molecule has 63 heavy (non-hydrogen) atoms. The van der Waals surface area contributed by atoms with Gasteiger partial charge in [-0.15, -0.1) is 11.3 Å². The van der Waals surface area contributed by atoms with Crippen LogP contribution in [0.4, 0.5) is 0 Å². The van der Waals surface area contributed by atoms with Crippen LogP contribution in [-0.2, 0) is 0 Å². The van der Waals surface area contributed by atoms with E-state index in [9.17, 15) is 20.1 Å². The lowest BCUT2D eigenvalue weighted by Gasteiger charge is -2.26. The summed E-state index contributed by atoms with van der Waals surface area (Å²) in [6.45, 7) is 7.58. The number of likely N-dealkylation sites (N-methyl/N-ethyl adjacent to an activating group) is 1. The number of carbonyl (C=O) groups excluding carboxylic acids is 1. The normalized spacial score (nSPS) is 13.3. The van der Waals surface area contributed by atoms with Gasteiger partial charge < -0.3 is 29.7 Å². The molecule has 1 aliphatic rings. The van der Waals surface area contributed by atoms with Crippen LogP contribution in [0.3, 0.4) is 0 Å². The first-order chi connectivity index (χ1) is 30.7. The zero-order valence-electron chi connectivity index (χ0n) is 36.3. The molecule has 3 N–H and O–H groups in total. The highest BCUT2D eigenvalue weighted by Gasteiger charge is 2.22. The van der Waals surface area contributed by atoms with Gasteiger partial charge >= 0.3 is 0 Å². The smallest absolute Gasteiger partial charge is 0.195 e. The van der Waals surface area contributed by atoms with Crippen molar-refractivity contribution in [2.75, 3.05) is 53.5 Å². The maximum Gasteiger partial charge on any atom is 0.195 e. The summed E-state index contributed by atoms with van der Waals surface area (Å²) in [5.41, 5.74) is 7.92. The zero-order valence-corrected chi connectivity index (χ0v) is 37.1. The summed E-state index contributed by atoms with van der Waals surface area (Å²) in [5, 5.41) is 30.2. The van der Waals surface area contributed by atoms with Gasteiger partial charge in [-0.3, -0.25) is 9.69 Å². The van der Waals surface area contributed by atoms with Crippen LogP contribution in [0.2, 0.25) is 0 Å². The summed E-state index contributed by atoms with van der Waals surface area (Å²) in [7, 11) is 4.08. The van der Waals surface area contributed by atoms with E-state index < -0.39 is 0 Å². The van der Waals surface area contributed by atoms with Crippen LogP contribution >= 0.6 is 11.3 Å². The van der Waals surface area contributed by atoms with Crippen LogP contribution < -0.4 is 9.47 Å². The second kappa shape index (κ2) is 21.6. The van der Waals surface area contributed by atoms with E-state index in [4.69, 9.17) is 9.47 Å². The van der Waals surface area contributed by atoms with Crippen molar-refractivity contribution in [1.29, 1.82) is 0 Å². The standard InChI is InChI=1S/C28H27NO4S.C26H29NO2/c30-21-8-4-20(5-9-21)28-26(24-13-10-22(31)18-25(24)34-28)27(32)19-6-11-23(12-7-19)33-17-16-29-14-2-1-3-15-29;1-4-25(20-8-6-5-7-9-20)26(21-10-14-23(28)15-11-21)22-12-16-24(17-13-22)29-19-18-27(2)3/h4-13,18,30-31H,1-3,14-17H2;5-17,28H,4,18-19H2,1-3H3/b;26-25-. The maximum absolute atomic E-state index is 13.6. The fourth-order valence-corrected chi connectivity index (χ4v) is 9.06. The van der Waals surface area contributed by atoms with E-state index >= 15 is 0 Å². The highest BCUT2D eigenvalue weighted by molar-refractivity contribution is 7.22. The Morgan fingerprint density at radius 2 is 1.19 bits per heavy atom. The van der Waals surface area contributed by atoms with E-state index in [1.54, 1.807) is 54.6 Å². The number of nitrogens with zero attached hydrogens (tertiary/aromatic N) is 2. The Morgan fingerprint density at radius 1 is 0.635 bits per heavy atom. The molecule has 0 radical (unpaired) electrons. The first-order valence-electron chi connectivity index (χ1n) is 21.7. The predicted molar refractivity (Wildman–Crippen MR) is 257 cm³/mol. The Morgan fingerprint density at radius 3 is 1.79 bits per heavy atom. The number of thiophene rings is 1. The molecule has 1 aliphatic heterocycles. The van der Waals surface area contributed by atoms with Crippen molar-refractivity contribution < 1.29 is 29.6 Å². The molecule has 0 unspecified atom stereocenters. The molecular weight excluding hydrogens is 805 g/mol. The van der Waals surface area contributed by atoms with E-state index in [1.807, 2.05) is 68.7 Å². The van der Waals surface area contributed by atoms with Crippen LogP contribution in [0.15, 0.2) is 146 Å². The number of ether oxygens (including phenoxy) is 2. The Labute approximate surface area is 374 Å². The molecule has 1 saturated heterocycles. The summed E-state index contributed by atoms with van der Waals surface area (Å²) < 4.78 is 12.6. The number of phenolic OH excluding ortho intramolecular Hbond substituents is 3. The number of likely N-dealkylation sites (tertiary alicyclic amines) is 1. The molecule has 9 heteroatoms. The first-order valence-corrected chi connectivity index (χ1v) is 22.5. The van der Waals surface area contributed by atoms with E-state index in [0.717, 1.165) is 75.8 Å². The molecule has 6 aromatic carbocycles. The molecule has 0 saturated carbocycles. The summed E-state index contributed by atoms with van der Waals surface area (Å²) in [5.74, 6) is 2.16. The average Bonchev–Trinajstić information content (AvgIpc) is 3.68. The van der Waals surface area contributed by atoms with Crippen molar-refractivity contribution in [2.24, 2.45) is 0 Å². The van der Waals surface area contributed by atoms with Gasteiger partial charge in [0, 0.05) is 39.2 Å². The monoisotopic (exact) mass is 860 g/mol. The second-order valence-electron chi connectivity index (χ2n) is 15.9. The van der Waals surface area contributed by atoms with Gasteiger partial charge in [-0.1, -0.05) is 67.9 Å². The fourth-order valence-electron chi connectivity index (χ4n) is 7.82. The van der Waals surface area contributed by atoms with Crippen molar-refractivity contribution in [3.63, 3.8) is 0 Å². The summed E-state index contributed by atoms with van der Waals surface area (Å²) >= 11 is 1.46. The molecule has 0 aliphatic carbocycles. The highest BCUT2D eigenvalue weighted by atomic mass is 32.1. The van der Waals surface area contributed by atoms with E-state index in [-0.39, 0.29) is 23.0 Å². The Kier molecular flexibility index (Phi) is 15.3. The van der Waals surface area contributed by atoms with Crippen LogP contribution in [0, 0.1) is 0 Å². The van der Waals surface area contributed by atoms with Crippen molar-refractivity contribution in [3.05, 3.63) is 173 Å². The number of hydrogen-bond donors (Lipinski definition) is 3. The van der Waals surface area contributed by atoms with Gasteiger partial charge in [-0.25, -0.2) is 0 Å². The molecule has 1 fully saturated rings. The number of aromatic hydroxyl groups is 3. The number of ketones is 1. The Hall–Kier alpha value is -6.39. The highest BCUT2D eigenvalue weighted by Crippen LogP contribution is 2.42. The lowest BCUT2D eigenvalue weighted by molar-refractivity contribution is 0.104. The number of carbonyl (C=O) groups is 1. The number of allylic oxidation sites excluding steroid dienone is 1. The van der Waals surface area contributed by atoms with Crippen LogP contribution in [0.1, 0.15) is 65.2 Å². The number of hydrogen-bond acceptors (Lipinski definition) is 9. The van der Waals surface area contributed by atoms with Gasteiger partial charge in [-0.2, -0.15) is 0 Å². The largest absolute Gasteiger partial charge is 0.508 e. The molecule has 0 bridgehead atoms. The second-order valence-corrected chi connectivity index (χ2v) is 17.0. The molecule has 7 aromatic rings. The van der Waals surface area contributed by atoms with Crippen LogP contribution in [0.25, 0.3) is 31.7 Å². The minimum Gasteiger partial charge on any atom is -0.508 e. The van der Waals surface area contributed by atoms with Crippen molar-refractivity contribution >= 4 is 38.4 Å². The summed E-state index contributed by atoms with van der Waals surface area (Å²) in [6, 6.07) is 45.4. The van der Waals surface area contributed by atoms with Gasteiger partial charge in [0.1, 0.15) is 42.0 Å². The zero-order chi connectivity index (χ0) is 44.1. The predicted octanol–water partition coefficient (Wildman–Crippen LogP) is 11.8. The molecule has 8 nitrogen and oxygen atoms in total. The van der Waals surface area contributed by atoms with Crippen LogP contribution in [-0.4, -0.2) is 84.4 Å². The summed E-state index contributed by atoms with van der Waals surface area (Å²) in [6.07, 6.45) is 4.75. The third-order valence-corrected chi connectivity index (χ3v) is 12.4. The number of fused-ring (bicyclic) bond motifs is 1. The van der Waals surface area contributed by atoms with E-state index in [0.29, 0.717) is 24.3 Å². The minimum atomic E-state index is -0.0834. The average molecular weight is 861 g/mol. The molecular formula is C54H56N2O6S. The maximum atomic E-state index is 13.6. The van der Waals surface area contributed by atoms with Gasteiger partial charge in [-0.05, 0) is 171 Å². The molecule has 0 spiro atoms. The van der Waals surface area contributed by atoms with E-state index in [1.165, 1.54) is 47.3 Å².